The number of fused-ring (bicyclic) bond motifs is 1. The average molecular weight is 263 g/mol. The molecule has 2 rings (SSSR count). The zero-order valence-corrected chi connectivity index (χ0v) is 11.6. The quantitative estimate of drug-likeness (QED) is 0.628. The van der Waals surface area contributed by atoms with Crippen molar-refractivity contribution in [3.8, 4) is 5.75 Å². The van der Waals surface area contributed by atoms with Gasteiger partial charge in [0.15, 0.2) is 0 Å². The highest BCUT2D eigenvalue weighted by atomic mass is 16.5. The van der Waals surface area contributed by atoms with Crippen molar-refractivity contribution < 1.29 is 14.3 Å². The van der Waals surface area contributed by atoms with E-state index in [2.05, 4.69) is 24.4 Å². The predicted molar refractivity (Wildman–Crippen MR) is 73.4 cm³/mol. The number of aryl methyl sites for hydroxylation is 1. The summed E-state index contributed by atoms with van der Waals surface area (Å²) in [4.78, 5) is 11.2. The van der Waals surface area contributed by atoms with E-state index in [1.54, 1.807) is 0 Å². The van der Waals surface area contributed by atoms with Crippen LogP contribution in [-0.2, 0) is 16.0 Å². The summed E-state index contributed by atoms with van der Waals surface area (Å²) >= 11 is 0. The molecule has 1 N–H and O–H groups in total. The largest absolute Gasteiger partial charge is 0.488 e. The number of ether oxygens (including phenoxy) is 2. The summed E-state index contributed by atoms with van der Waals surface area (Å²) in [5, 5.41) is 3.24. The van der Waals surface area contributed by atoms with Crippen LogP contribution >= 0.6 is 0 Å². The number of nitrogens with one attached hydrogen (secondary N) is 1. The predicted octanol–water partition coefficient (Wildman–Crippen LogP) is 1.84. The molecular formula is C15H21NO3. The van der Waals surface area contributed by atoms with Gasteiger partial charge in [-0.3, -0.25) is 4.79 Å². The molecule has 104 valence electrons. The lowest BCUT2D eigenvalue weighted by Crippen LogP contribution is -2.31. The van der Waals surface area contributed by atoms with Crippen molar-refractivity contribution in [1.82, 2.24) is 5.32 Å². The third kappa shape index (κ3) is 3.96. The first-order valence-corrected chi connectivity index (χ1v) is 6.81. The average Bonchev–Trinajstić information content (AvgIpc) is 2.77. The van der Waals surface area contributed by atoms with Gasteiger partial charge in [0.2, 0.25) is 0 Å². The van der Waals surface area contributed by atoms with E-state index in [-0.39, 0.29) is 12.1 Å². The Morgan fingerprint density at radius 2 is 2.37 bits per heavy atom. The Kier molecular flexibility index (Phi) is 4.80. The van der Waals surface area contributed by atoms with Gasteiger partial charge in [-0.25, -0.2) is 0 Å². The summed E-state index contributed by atoms with van der Waals surface area (Å²) in [6, 6.07) is 6.27. The molecule has 0 radical (unpaired) electrons. The number of esters is 1. The Balaban J connectivity index is 1.68. The highest BCUT2D eigenvalue weighted by Crippen LogP contribution is 2.29. The molecule has 0 amide bonds. The first-order chi connectivity index (χ1) is 9.19. The van der Waals surface area contributed by atoms with E-state index in [1.807, 2.05) is 13.0 Å². The molecule has 19 heavy (non-hydrogen) atoms. The molecule has 0 aliphatic carbocycles. The van der Waals surface area contributed by atoms with Gasteiger partial charge >= 0.3 is 5.97 Å². The lowest BCUT2D eigenvalue weighted by molar-refractivity contribution is -0.142. The molecule has 4 heteroatoms. The molecule has 0 saturated heterocycles. The second kappa shape index (κ2) is 6.57. The van der Waals surface area contributed by atoms with Crippen molar-refractivity contribution in [2.75, 3.05) is 19.7 Å². The molecule has 4 nitrogen and oxygen atoms in total. The van der Waals surface area contributed by atoms with E-state index in [0.717, 1.165) is 18.7 Å². The second-order valence-electron chi connectivity index (χ2n) is 4.81. The van der Waals surface area contributed by atoms with Crippen molar-refractivity contribution in [3.05, 3.63) is 29.3 Å². The molecule has 0 fully saturated rings. The fraction of sp³-hybridized carbons (Fsp3) is 0.533. The lowest BCUT2D eigenvalue weighted by Gasteiger charge is -2.11. The molecule has 1 aliphatic rings. The Bertz CT molecular complexity index is 445. The fourth-order valence-corrected chi connectivity index (χ4v) is 2.25. The van der Waals surface area contributed by atoms with Gasteiger partial charge in [0.05, 0.1) is 13.0 Å². The SMILES string of the molecule is CCOC(=O)CCNCC1Cc2cc(C)ccc2O1. The zero-order chi connectivity index (χ0) is 13.7. The van der Waals surface area contributed by atoms with Crippen LogP contribution in [0.15, 0.2) is 18.2 Å². The van der Waals surface area contributed by atoms with Crippen molar-refractivity contribution >= 4 is 5.97 Å². The number of hydrogen-bond acceptors (Lipinski definition) is 4. The molecule has 1 atom stereocenters. The van der Waals surface area contributed by atoms with Crippen molar-refractivity contribution in [3.63, 3.8) is 0 Å². The molecule has 0 bridgehead atoms. The number of carbonyl (C=O) groups excluding carboxylic acids is 1. The van der Waals surface area contributed by atoms with Crippen LogP contribution in [0, 0.1) is 6.92 Å². The molecule has 0 aromatic heterocycles. The van der Waals surface area contributed by atoms with Crippen LogP contribution in [0.25, 0.3) is 0 Å². The minimum Gasteiger partial charge on any atom is -0.488 e. The van der Waals surface area contributed by atoms with Gasteiger partial charge in [-0.1, -0.05) is 17.7 Å². The number of hydrogen-bond donors (Lipinski definition) is 1. The number of benzene rings is 1. The van der Waals surface area contributed by atoms with E-state index < -0.39 is 0 Å². The lowest BCUT2D eigenvalue weighted by atomic mass is 10.1. The third-order valence-corrected chi connectivity index (χ3v) is 3.14. The smallest absolute Gasteiger partial charge is 0.307 e. The minimum absolute atomic E-state index is 0.152. The fourth-order valence-electron chi connectivity index (χ4n) is 2.25. The normalized spacial score (nSPS) is 16.8. The van der Waals surface area contributed by atoms with Crippen LogP contribution in [0.1, 0.15) is 24.5 Å². The van der Waals surface area contributed by atoms with Gasteiger partial charge in [-0.05, 0) is 25.5 Å². The maximum Gasteiger partial charge on any atom is 0.307 e. The molecule has 1 unspecified atom stereocenters. The topological polar surface area (TPSA) is 47.6 Å². The van der Waals surface area contributed by atoms with Gasteiger partial charge in [0.25, 0.3) is 0 Å². The second-order valence-corrected chi connectivity index (χ2v) is 4.81. The molecule has 1 aromatic rings. The Morgan fingerprint density at radius 1 is 1.53 bits per heavy atom. The summed E-state index contributed by atoms with van der Waals surface area (Å²) in [6.07, 6.45) is 1.51. The number of carbonyl (C=O) groups is 1. The zero-order valence-electron chi connectivity index (χ0n) is 11.6. The Labute approximate surface area is 114 Å². The molecule has 1 heterocycles. The Morgan fingerprint density at radius 3 is 3.16 bits per heavy atom. The van der Waals surface area contributed by atoms with Crippen LogP contribution < -0.4 is 10.1 Å². The van der Waals surface area contributed by atoms with E-state index >= 15 is 0 Å². The summed E-state index contributed by atoms with van der Waals surface area (Å²) in [7, 11) is 0. The van der Waals surface area contributed by atoms with Gasteiger partial charge < -0.3 is 14.8 Å². The van der Waals surface area contributed by atoms with Crippen LogP contribution in [0.3, 0.4) is 0 Å². The minimum atomic E-state index is -0.152. The molecule has 1 aliphatic heterocycles. The summed E-state index contributed by atoms with van der Waals surface area (Å²) < 4.78 is 10.7. The molecule has 0 spiro atoms. The standard InChI is InChI=1S/C15H21NO3/c1-3-18-15(17)6-7-16-10-13-9-12-8-11(2)4-5-14(12)19-13/h4-5,8,13,16H,3,6-7,9-10H2,1-2H3. The maximum absolute atomic E-state index is 11.2. The monoisotopic (exact) mass is 263 g/mol. The summed E-state index contributed by atoms with van der Waals surface area (Å²) in [5.41, 5.74) is 2.54. The van der Waals surface area contributed by atoms with Gasteiger partial charge in [0, 0.05) is 19.5 Å². The maximum atomic E-state index is 11.2. The van der Waals surface area contributed by atoms with Crippen molar-refractivity contribution in [2.24, 2.45) is 0 Å². The highest BCUT2D eigenvalue weighted by molar-refractivity contribution is 5.69. The van der Waals surface area contributed by atoms with E-state index in [9.17, 15) is 4.79 Å². The van der Waals surface area contributed by atoms with Gasteiger partial charge in [-0.15, -0.1) is 0 Å². The van der Waals surface area contributed by atoms with Crippen LogP contribution in [-0.4, -0.2) is 31.8 Å². The third-order valence-electron chi connectivity index (χ3n) is 3.14. The molecule has 1 aromatic carbocycles. The van der Waals surface area contributed by atoms with Crippen LogP contribution in [0.4, 0.5) is 0 Å². The van der Waals surface area contributed by atoms with Gasteiger partial charge in [0.1, 0.15) is 11.9 Å². The molecule has 0 saturated carbocycles. The summed E-state index contributed by atoms with van der Waals surface area (Å²) in [5.74, 6) is 0.837. The van der Waals surface area contributed by atoms with Crippen LogP contribution in [0.5, 0.6) is 5.75 Å². The van der Waals surface area contributed by atoms with Crippen molar-refractivity contribution in [2.45, 2.75) is 32.8 Å². The van der Waals surface area contributed by atoms with Crippen molar-refractivity contribution in [1.29, 1.82) is 0 Å². The van der Waals surface area contributed by atoms with E-state index in [0.29, 0.717) is 19.6 Å². The van der Waals surface area contributed by atoms with E-state index in [4.69, 9.17) is 9.47 Å². The first-order valence-electron chi connectivity index (χ1n) is 6.81. The first kappa shape index (κ1) is 13.9. The molecular weight excluding hydrogens is 242 g/mol. The van der Waals surface area contributed by atoms with Gasteiger partial charge in [-0.2, -0.15) is 0 Å². The summed E-state index contributed by atoms with van der Waals surface area (Å²) in [6.45, 7) is 5.74. The highest BCUT2D eigenvalue weighted by Gasteiger charge is 2.22. The van der Waals surface area contributed by atoms with Crippen LogP contribution in [0.2, 0.25) is 0 Å². The number of rotatable bonds is 6. The Hall–Kier alpha value is -1.55. The van der Waals surface area contributed by atoms with E-state index in [1.165, 1.54) is 11.1 Å².